The average Bonchev–Trinajstić information content (AvgIpc) is 2.44. The van der Waals surface area contributed by atoms with Gasteiger partial charge in [0.1, 0.15) is 0 Å². The van der Waals surface area contributed by atoms with Crippen LogP contribution in [0.1, 0.15) is 30.6 Å². The molecule has 1 aromatic carbocycles. The quantitative estimate of drug-likeness (QED) is 0.752. The van der Waals surface area contributed by atoms with E-state index in [4.69, 9.17) is 0 Å². The molecule has 1 aromatic rings. The molecule has 6 heteroatoms. The summed E-state index contributed by atoms with van der Waals surface area (Å²) in [4.78, 5) is 11.8. The first-order chi connectivity index (χ1) is 9.40. The molecule has 1 unspecified atom stereocenters. The molecule has 0 saturated heterocycles. The lowest BCUT2D eigenvalue weighted by Crippen LogP contribution is -2.32. The van der Waals surface area contributed by atoms with Crippen LogP contribution in [0, 0.1) is 0 Å². The van der Waals surface area contributed by atoms with E-state index in [9.17, 15) is 13.2 Å². The topological polar surface area (TPSA) is 75.3 Å². The first-order valence-electron chi connectivity index (χ1n) is 6.42. The summed E-state index contributed by atoms with van der Waals surface area (Å²) in [6.45, 7) is 7.58. The van der Waals surface area contributed by atoms with Crippen molar-refractivity contribution < 1.29 is 13.2 Å². The van der Waals surface area contributed by atoms with Crippen molar-refractivity contribution in [2.45, 2.75) is 31.2 Å². The number of carbonyl (C=O) groups is 1. The summed E-state index contributed by atoms with van der Waals surface area (Å²) in [7, 11) is -3.53. The van der Waals surface area contributed by atoms with E-state index >= 15 is 0 Å². The van der Waals surface area contributed by atoms with Crippen molar-refractivity contribution in [3.05, 3.63) is 42.5 Å². The van der Waals surface area contributed by atoms with Crippen molar-refractivity contribution in [1.29, 1.82) is 0 Å². The molecule has 1 atom stereocenters. The SMILES string of the molecule is C=CCNC(=O)c1ccc(S(=O)(=O)NC(C)CC)cc1. The molecule has 0 aliphatic heterocycles. The van der Waals surface area contributed by atoms with Crippen LogP contribution in [0.2, 0.25) is 0 Å². The number of nitrogens with one attached hydrogen (secondary N) is 2. The Morgan fingerprint density at radius 3 is 2.45 bits per heavy atom. The van der Waals surface area contributed by atoms with Gasteiger partial charge in [-0.05, 0) is 37.6 Å². The molecular formula is C14H20N2O3S. The van der Waals surface area contributed by atoms with Crippen LogP contribution >= 0.6 is 0 Å². The molecule has 1 amide bonds. The molecule has 5 nitrogen and oxygen atoms in total. The number of hydrogen-bond acceptors (Lipinski definition) is 3. The second kappa shape index (κ2) is 7.21. The minimum Gasteiger partial charge on any atom is -0.349 e. The third kappa shape index (κ3) is 4.47. The van der Waals surface area contributed by atoms with Crippen LogP contribution in [0.4, 0.5) is 0 Å². The highest BCUT2D eigenvalue weighted by atomic mass is 32.2. The van der Waals surface area contributed by atoms with Crippen molar-refractivity contribution in [2.75, 3.05) is 6.54 Å². The molecule has 0 saturated carbocycles. The molecule has 0 aromatic heterocycles. The molecule has 2 N–H and O–H groups in total. The van der Waals surface area contributed by atoms with Gasteiger partial charge >= 0.3 is 0 Å². The minimum absolute atomic E-state index is 0.129. The van der Waals surface area contributed by atoms with Gasteiger partial charge in [-0.15, -0.1) is 6.58 Å². The monoisotopic (exact) mass is 296 g/mol. The normalized spacial score (nSPS) is 12.7. The van der Waals surface area contributed by atoms with Crippen LogP contribution in [-0.2, 0) is 10.0 Å². The van der Waals surface area contributed by atoms with Crippen molar-refractivity contribution in [3.63, 3.8) is 0 Å². The summed E-state index contributed by atoms with van der Waals surface area (Å²) in [6.07, 6.45) is 2.29. The number of rotatable bonds is 7. The van der Waals surface area contributed by atoms with Crippen molar-refractivity contribution >= 4 is 15.9 Å². The summed E-state index contributed by atoms with van der Waals surface area (Å²) < 4.78 is 26.6. The zero-order valence-electron chi connectivity index (χ0n) is 11.7. The van der Waals surface area contributed by atoms with Gasteiger partial charge in [-0.25, -0.2) is 13.1 Å². The Balaban J connectivity index is 2.85. The zero-order valence-corrected chi connectivity index (χ0v) is 12.5. The highest BCUT2D eigenvalue weighted by molar-refractivity contribution is 7.89. The fourth-order valence-electron chi connectivity index (χ4n) is 1.47. The lowest BCUT2D eigenvalue weighted by molar-refractivity contribution is 0.0958. The van der Waals surface area contributed by atoms with Crippen molar-refractivity contribution in [2.24, 2.45) is 0 Å². The molecule has 0 heterocycles. The van der Waals surface area contributed by atoms with Crippen LogP contribution in [0.15, 0.2) is 41.8 Å². The van der Waals surface area contributed by atoms with Crippen LogP contribution in [0.5, 0.6) is 0 Å². The lowest BCUT2D eigenvalue weighted by atomic mass is 10.2. The maximum Gasteiger partial charge on any atom is 0.251 e. The van der Waals surface area contributed by atoms with E-state index in [1.807, 2.05) is 6.92 Å². The Morgan fingerprint density at radius 1 is 1.35 bits per heavy atom. The van der Waals surface area contributed by atoms with Crippen LogP contribution < -0.4 is 10.0 Å². The fraction of sp³-hybridized carbons (Fsp3) is 0.357. The number of sulfonamides is 1. The van der Waals surface area contributed by atoms with E-state index in [1.165, 1.54) is 24.3 Å². The van der Waals surface area contributed by atoms with Gasteiger partial charge in [0.05, 0.1) is 4.90 Å². The average molecular weight is 296 g/mol. The standard InChI is InChI=1S/C14H20N2O3S/c1-4-10-15-14(17)12-6-8-13(9-7-12)20(18,19)16-11(3)5-2/h4,6-9,11,16H,1,5,10H2,2-3H3,(H,15,17). The Hall–Kier alpha value is -1.66. The smallest absolute Gasteiger partial charge is 0.251 e. The lowest BCUT2D eigenvalue weighted by Gasteiger charge is -2.12. The minimum atomic E-state index is -3.53. The summed E-state index contributed by atoms with van der Waals surface area (Å²) in [6, 6.07) is 5.70. The van der Waals surface area contributed by atoms with Crippen molar-refractivity contribution in [3.8, 4) is 0 Å². The summed E-state index contributed by atoms with van der Waals surface area (Å²) >= 11 is 0. The molecule has 0 radical (unpaired) electrons. The highest BCUT2D eigenvalue weighted by Crippen LogP contribution is 2.11. The van der Waals surface area contributed by atoms with Gasteiger partial charge in [-0.2, -0.15) is 0 Å². The Kier molecular flexibility index (Phi) is 5.91. The second-order valence-electron chi connectivity index (χ2n) is 4.45. The zero-order chi connectivity index (χ0) is 15.2. The molecule has 0 aliphatic rings. The van der Waals surface area contributed by atoms with Gasteiger partial charge in [0.25, 0.3) is 5.91 Å². The number of hydrogen-bond donors (Lipinski definition) is 2. The molecule has 0 spiro atoms. The maximum absolute atomic E-state index is 12.0. The Morgan fingerprint density at radius 2 is 1.95 bits per heavy atom. The molecule has 20 heavy (non-hydrogen) atoms. The number of carbonyl (C=O) groups excluding carboxylic acids is 1. The van der Waals surface area contributed by atoms with Gasteiger partial charge in [-0.1, -0.05) is 13.0 Å². The molecule has 0 bridgehead atoms. The summed E-state index contributed by atoms with van der Waals surface area (Å²) in [5.41, 5.74) is 0.411. The highest BCUT2D eigenvalue weighted by Gasteiger charge is 2.16. The van der Waals surface area contributed by atoms with Gasteiger partial charge in [0.2, 0.25) is 10.0 Å². The molecule has 0 aliphatic carbocycles. The van der Waals surface area contributed by atoms with E-state index in [0.717, 1.165) is 0 Å². The van der Waals surface area contributed by atoms with Gasteiger partial charge in [-0.3, -0.25) is 4.79 Å². The maximum atomic E-state index is 12.0. The van der Waals surface area contributed by atoms with Gasteiger partial charge in [0.15, 0.2) is 0 Å². The predicted molar refractivity (Wildman–Crippen MR) is 79.0 cm³/mol. The summed E-state index contributed by atoms with van der Waals surface area (Å²) in [5.74, 6) is -0.260. The third-order valence-corrected chi connectivity index (χ3v) is 4.41. The van der Waals surface area contributed by atoms with E-state index in [2.05, 4.69) is 16.6 Å². The van der Waals surface area contributed by atoms with Gasteiger partial charge < -0.3 is 5.32 Å². The van der Waals surface area contributed by atoms with Crippen LogP contribution in [0.25, 0.3) is 0 Å². The Bertz CT molecular complexity index is 565. The molecule has 0 fully saturated rings. The van der Waals surface area contributed by atoms with E-state index in [1.54, 1.807) is 13.0 Å². The predicted octanol–water partition coefficient (Wildman–Crippen LogP) is 1.68. The van der Waals surface area contributed by atoms with E-state index in [-0.39, 0.29) is 16.8 Å². The second-order valence-corrected chi connectivity index (χ2v) is 6.17. The largest absolute Gasteiger partial charge is 0.349 e. The third-order valence-electron chi connectivity index (χ3n) is 2.80. The number of benzene rings is 1. The van der Waals surface area contributed by atoms with E-state index < -0.39 is 10.0 Å². The van der Waals surface area contributed by atoms with Gasteiger partial charge in [0, 0.05) is 18.2 Å². The first kappa shape index (κ1) is 16.4. The Labute approximate surface area is 120 Å². The van der Waals surface area contributed by atoms with Crippen LogP contribution in [-0.4, -0.2) is 26.9 Å². The summed E-state index contributed by atoms with van der Waals surface area (Å²) in [5, 5.41) is 2.63. The fourth-order valence-corrected chi connectivity index (χ4v) is 2.80. The van der Waals surface area contributed by atoms with Crippen LogP contribution in [0.3, 0.4) is 0 Å². The van der Waals surface area contributed by atoms with Crippen molar-refractivity contribution in [1.82, 2.24) is 10.0 Å². The van der Waals surface area contributed by atoms with E-state index in [0.29, 0.717) is 18.5 Å². The molecule has 1 rings (SSSR count). The molecule has 110 valence electrons. The number of amides is 1. The first-order valence-corrected chi connectivity index (χ1v) is 7.90. The molecular weight excluding hydrogens is 276 g/mol.